The second kappa shape index (κ2) is 11.0. The molecule has 2 aromatic carbocycles. The molecule has 1 amide bonds. The number of hydrogen-bond donors (Lipinski definition) is 0. The molecule has 0 radical (unpaired) electrons. The number of halogens is 1. The van der Waals surface area contributed by atoms with Gasteiger partial charge in [0.2, 0.25) is 10.0 Å². The first kappa shape index (κ1) is 27.8. The minimum Gasteiger partial charge on any atom is -0.282 e. The lowest BCUT2D eigenvalue weighted by atomic mass is 10.0. The summed E-state index contributed by atoms with van der Waals surface area (Å²) in [5.41, 5.74) is 4.06. The Morgan fingerprint density at radius 3 is 2.44 bits per heavy atom. The lowest BCUT2D eigenvalue weighted by Gasteiger charge is -2.29. The number of hydrogen-bond acceptors (Lipinski definition) is 6. The first-order valence-corrected chi connectivity index (χ1v) is 15.7. The highest BCUT2D eigenvalue weighted by molar-refractivity contribution is 7.89. The largest absolute Gasteiger partial charge is 0.282 e. The summed E-state index contributed by atoms with van der Waals surface area (Å²) in [5, 5.41) is 5.71. The summed E-state index contributed by atoms with van der Waals surface area (Å²) in [6.45, 7) is 9.88. The molecule has 1 saturated heterocycles. The van der Waals surface area contributed by atoms with E-state index >= 15 is 0 Å². The van der Waals surface area contributed by atoms with E-state index in [4.69, 9.17) is 16.6 Å². The number of anilines is 1. The molecule has 0 spiro atoms. The molecule has 3 heterocycles. The average molecular weight is 586 g/mol. The number of amides is 1. The van der Waals surface area contributed by atoms with Gasteiger partial charge in [0.25, 0.3) is 5.91 Å². The number of thiazole rings is 1. The van der Waals surface area contributed by atoms with Crippen LogP contribution in [0.3, 0.4) is 0 Å². The number of fused-ring (bicyclic) bond motifs is 1. The maximum atomic E-state index is 13.9. The lowest BCUT2D eigenvalue weighted by molar-refractivity contribution is 0.0985. The smallest absolute Gasteiger partial charge is 0.260 e. The van der Waals surface area contributed by atoms with E-state index in [1.807, 2.05) is 43.7 Å². The number of aromatic nitrogens is 3. The average Bonchev–Trinajstić information content (AvgIpc) is 3.46. The molecule has 0 saturated carbocycles. The SMILES string of the molecule is Cc1cc(C)n(CCN(C(=O)c2ccc(S(=O)(=O)N3CCC(C)CC3)cc2)c2nc3c(C)cc(Cl)cc3s2)n1. The molecular weight excluding hydrogens is 554 g/mol. The second-order valence-electron chi connectivity index (χ2n) is 10.3. The first-order chi connectivity index (χ1) is 18.5. The molecular formula is C28H32ClN5O3S2. The third kappa shape index (κ3) is 5.75. The molecule has 8 nitrogen and oxygen atoms in total. The first-order valence-electron chi connectivity index (χ1n) is 13.0. The number of carbonyl (C=O) groups excluding carboxylic acids is 1. The summed E-state index contributed by atoms with van der Waals surface area (Å²) in [6.07, 6.45) is 1.71. The Hall–Kier alpha value is -2.79. The zero-order valence-electron chi connectivity index (χ0n) is 22.5. The van der Waals surface area contributed by atoms with Crippen molar-refractivity contribution in [1.82, 2.24) is 19.1 Å². The van der Waals surface area contributed by atoms with Crippen LogP contribution in [0.15, 0.2) is 47.4 Å². The molecule has 0 atom stereocenters. The van der Waals surface area contributed by atoms with Crippen molar-refractivity contribution in [2.24, 2.45) is 5.92 Å². The van der Waals surface area contributed by atoms with Crippen molar-refractivity contribution in [2.45, 2.75) is 52.0 Å². The van der Waals surface area contributed by atoms with Crippen LogP contribution in [0.5, 0.6) is 0 Å². The Morgan fingerprint density at radius 2 is 1.79 bits per heavy atom. The van der Waals surface area contributed by atoms with Crippen molar-refractivity contribution in [2.75, 3.05) is 24.5 Å². The predicted molar refractivity (Wildman–Crippen MR) is 156 cm³/mol. The van der Waals surface area contributed by atoms with Crippen molar-refractivity contribution in [3.8, 4) is 0 Å². The molecule has 1 aliphatic heterocycles. The van der Waals surface area contributed by atoms with Gasteiger partial charge in [-0.2, -0.15) is 9.40 Å². The van der Waals surface area contributed by atoms with Crippen molar-refractivity contribution in [1.29, 1.82) is 0 Å². The Morgan fingerprint density at radius 1 is 1.10 bits per heavy atom. The van der Waals surface area contributed by atoms with Gasteiger partial charge in [0.1, 0.15) is 0 Å². The minimum absolute atomic E-state index is 0.202. The van der Waals surface area contributed by atoms with Crippen molar-refractivity contribution in [3.05, 3.63) is 70.0 Å². The zero-order chi connectivity index (χ0) is 27.9. The van der Waals surface area contributed by atoms with Crippen LogP contribution in [-0.2, 0) is 16.6 Å². The van der Waals surface area contributed by atoms with Crippen LogP contribution >= 0.6 is 22.9 Å². The summed E-state index contributed by atoms with van der Waals surface area (Å²) < 4.78 is 30.7. The van der Waals surface area contributed by atoms with E-state index in [2.05, 4.69) is 12.0 Å². The van der Waals surface area contributed by atoms with Gasteiger partial charge in [-0.25, -0.2) is 13.4 Å². The van der Waals surface area contributed by atoms with Crippen LogP contribution in [0.1, 0.15) is 47.1 Å². The fraction of sp³-hybridized carbons (Fsp3) is 0.393. The third-order valence-corrected chi connectivity index (χ3v) is 10.4. The summed E-state index contributed by atoms with van der Waals surface area (Å²) in [4.78, 5) is 20.5. The summed E-state index contributed by atoms with van der Waals surface area (Å²) in [7, 11) is -3.60. The fourth-order valence-electron chi connectivity index (χ4n) is 4.94. The van der Waals surface area contributed by atoms with Gasteiger partial charge < -0.3 is 0 Å². The molecule has 0 unspecified atom stereocenters. The van der Waals surface area contributed by atoms with Crippen LogP contribution in [0.25, 0.3) is 10.2 Å². The molecule has 5 rings (SSSR count). The second-order valence-corrected chi connectivity index (χ2v) is 13.7. The molecule has 1 fully saturated rings. The maximum Gasteiger partial charge on any atom is 0.260 e. The van der Waals surface area contributed by atoms with Gasteiger partial charge in [0, 0.05) is 35.9 Å². The Labute approximate surface area is 238 Å². The van der Waals surface area contributed by atoms with E-state index in [1.54, 1.807) is 21.3 Å². The highest BCUT2D eigenvalue weighted by Gasteiger charge is 2.29. The van der Waals surface area contributed by atoms with Gasteiger partial charge in [-0.05, 0) is 87.6 Å². The van der Waals surface area contributed by atoms with Crippen LogP contribution in [-0.4, -0.2) is 53.0 Å². The van der Waals surface area contributed by atoms with Crippen molar-refractivity contribution < 1.29 is 13.2 Å². The molecule has 39 heavy (non-hydrogen) atoms. The molecule has 11 heteroatoms. The number of benzene rings is 2. The molecule has 0 aliphatic carbocycles. The van der Waals surface area contributed by atoms with Gasteiger partial charge in [-0.15, -0.1) is 0 Å². The Kier molecular flexibility index (Phi) is 7.83. The number of rotatable bonds is 7. The number of sulfonamides is 1. The van der Waals surface area contributed by atoms with Gasteiger partial charge >= 0.3 is 0 Å². The Balaban J connectivity index is 1.45. The van der Waals surface area contributed by atoms with E-state index < -0.39 is 10.0 Å². The van der Waals surface area contributed by atoms with Crippen molar-refractivity contribution >= 4 is 54.2 Å². The van der Waals surface area contributed by atoms with Crippen LogP contribution in [0.2, 0.25) is 5.02 Å². The Bertz CT molecular complexity index is 1620. The monoisotopic (exact) mass is 585 g/mol. The summed E-state index contributed by atoms with van der Waals surface area (Å²) in [5.74, 6) is 0.272. The van der Waals surface area contributed by atoms with Gasteiger partial charge in [-0.3, -0.25) is 14.4 Å². The van der Waals surface area contributed by atoms with Crippen LogP contribution < -0.4 is 4.90 Å². The molecule has 2 aromatic heterocycles. The van der Waals surface area contributed by atoms with E-state index in [0.29, 0.717) is 47.8 Å². The number of piperidine rings is 1. The van der Waals surface area contributed by atoms with E-state index in [-0.39, 0.29) is 10.8 Å². The van der Waals surface area contributed by atoms with Crippen LogP contribution in [0.4, 0.5) is 5.13 Å². The predicted octanol–water partition coefficient (Wildman–Crippen LogP) is 5.84. The quantitative estimate of drug-likeness (QED) is 0.272. The molecule has 0 bridgehead atoms. The highest BCUT2D eigenvalue weighted by atomic mass is 35.5. The molecule has 4 aromatic rings. The number of carbonyl (C=O) groups is 1. The van der Waals surface area contributed by atoms with E-state index in [1.165, 1.54) is 23.5 Å². The number of nitrogens with zero attached hydrogens (tertiary/aromatic N) is 5. The highest BCUT2D eigenvalue weighted by Crippen LogP contribution is 2.34. The third-order valence-electron chi connectivity index (χ3n) is 7.24. The molecule has 1 aliphatic rings. The number of aryl methyl sites for hydroxylation is 3. The van der Waals surface area contributed by atoms with E-state index in [0.717, 1.165) is 40.0 Å². The topological polar surface area (TPSA) is 88.4 Å². The fourth-order valence-corrected chi connectivity index (χ4v) is 7.85. The van der Waals surface area contributed by atoms with Gasteiger partial charge in [-0.1, -0.05) is 29.9 Å². The maximum absolute atomic E-state index is 13.9. The van der Waals surface area contributed by atoms with E-state index in [9.17, 15) is 13.2 Å². The zero-order valence-corrected chi connectivity index (χ0v) is 24.9. The standard InChI is InChI=1S/C28H32ClN5O3S2/c1-18-9-11-32(12-10-18)39(36,37)24-7-5-22(6-8-24)27(35)33(13-14-34-21(4)16-20(3)31-34)28-30-26-19(2)15-23(29)17-25(26)38-28/h5-8,15-18H,9-14H2,1-4H3. The lowest BCUT2D eigenvalue weighted by Crippen LogP contribution is -2.38. The minimum atomic E-state index is -3.60. The van der Waals surface area contributed by atoms with Gasteiger partial charge in [0.05, 0.1) is 27.4 Å². The van der Waals surface area contributed by atoms with Gasteiger partial charge in [0.15, 0.2) is 5.13 Å². The van der Waals surface area contributed by atoms with Crippen LogP contribution in [0, 0.1) is 26.7 Å². The normalized spacial score (nSPS) is 15.2. The summed E-state index contributed by atoms with van der Waals surface area (Å²) in [6, 6.07) is 12.0. The summed E-state index contributed by atoms with van der Waals surface area (Å²) >= 11 is 7.69. The van der Waals surface area contributed by atoms with Crippen molar-refractivity contribution in [3.63, 3.8) is 0 Å². The molecule has 0 N–H and O–H groups in total. The molecule has 206 valence electrons.